The number of halogens is 1. The van der Waals surface area contributed by atoms with Gasteiger partial charge in [0.05, 0.1) is 0 Å². The van der Waals surface area contributed by atoms with Crippen LogP contribution in [-0.4, -0.2) is 23.5 Å². The maximum Gasteiger partial charge on any atom is 0.341 e. The Morgan fingerprint density at radius 2 is 1.81 bits per heavy atom. The van der Waals surface area contributed by atoms with E-state index in [4.69, 9.17) is 21.4 Å². The van der Waals surface area contributed by atoms with Crippen molar-refractivity contribution in [2.75, 3.05) is 6.61 Å². The monoisotopic (exact) mass is 304 g/mol. The Hall–Kier alpha value is -2.33. The van der Waals surface area contributed by atoms with Crippen molar-refractivity contribution in [3.05, 3.63) is 64.2 Å². The first-order valence-corrected chi connectivity index (χ1v) is 6.61. The maximum atomic E-state index is 12.5. The SMILES string of the molecule is Cc1c(OCC(=O)O)cccc1C(=O)c1ccc(Cl)cc1. The van der Waals surface area contributed by atoms with Crippen LogP contribution in [0.4, 0.5) is 0 Å². The van der Waals surface area contributed by atoms with Gasteiger partial charge in [-0.05, 0) is 37.3 Å². The predicted molar refractivity (Wildman–Crippen MR) is 79.2 cm³/mol. The number of hydrogen-bond donors (Lipinski definition) is 1. The smallest absolute Gasteiger partial charge is 0.341 e. The first kappa shape index (κ1) is 15.1. The molecule has 0 amide bonds. The van der Waals surface area contributed by atoms with Crippen LogP contribution < -0.4 is 4.74 Å². The summed E-state index contributed by atoms with van der Waals surface area (Å²) < 4.78 is 5.17. The summed E-state index contributed by atoms with van der Waals surface area (Å²) in [6.45, 7) is 1.28. The minimum absolute atomic E-state index is 0.162. The first-order chi connectivity index (χ1) is 9.99. The van der Waals surface area contributed by atoms with Crippen LogP contribution in [0.15, 0.2) is 42.5 Å². The van der Waals surface area contributed by atoms with Gasteiger partial charge in [-0.3, -0.25) is 4.79 Å². The highest BCUT2D eigenvalue weighted by Gasteiger charge is 2.15. The highest BCUT2D eigenvalue weighted by molar-refractivity contribution is 6.30. The minimum Gasteiger partial charge on any atom is -0.482 e. The van der Waals surface area contributed by atoms with Gasteiger partial charge in [-0.2, -0.15) is 0 Å². The number of ketones is 1. The quantitative estimate of drug-likeness (QED) is 0.860. The molecule has 0 unspecified atom stereocenters. The van der Waals surface area contributed by atoms with Gasteiger partial charge in [0.15, 0.2) is 12.4 Å². The highest BCUT2D eigenvalue weighted by Crippen LogP contribution is 2.24. The lowest BCUT2D eigenvalue weighted by atomic mass is 9.98. The van der Waals surface area contributed by atoms with E-state index >= 15 is 0 Å². The zero-order chi connectivity index (χ0) is 15.4. The van der Waals surface area contributed by atoms with E-state index in [1.54, 1.807) is 49.4 Å². The van der Waals surface area contributed by atoms with E-state index in [1.807, 2.05) is 0 Å². The Balaban J connectivity index is 2.31. The first-order valence-electron chi connectivity index (χ1n) is 6.23. The van der Waals surface area contributed by atoms with Gasteiger partial charge in [-0.1, -0.05) is 23.7 Å². The van der Waals surface area contributed by atoms with E-state index in [2.05, 4.69) is 0 Å². The zero-order valence-electron chi connectivity index (χ0n) is 11.3. The second-order valence-corrected chi connectivity index (χ2v) is 4.88. The molecule has 0 radical (unpaired) electrons. The summed E-state index contributed by atoms with van der Waals surface area (Å²) in [5, 5.41) is 9.20. The lowest BCUT2D eigenvalue weighted by Gasteiger charge is -2.11. The number of carboxylic acid groups (broad SMARTS) is 1. The van der Waals surface area contributed by atoms with E-state index in [-0.39, 0.29) is 5.78 Å². The second-order valence-electron chi connectivity index (χ2n) is 4.45. The number of benzene rings is 2. The van der Waals surface area contributed by atoms with Gasteiger partial charge in [0, 0.05) is 21.7 Å². The molecule has 0 spiro atoms. The van der Waals surface area contributed by atoms with Crippen LogP contribution in [0.25, 0.3) is 0 Å². The summed E-state index contributed by atoms with van der Waals surface area (Å²) >= 11 is 5.80. The lowest BCUT2D eigenvalue weighted by Crippen LogP contribution is -2.11. The van der Waals surface area contributed by atoms with Crippen molar-refractivity contribution in [3.8, 4) is 5.75 Å². The van der Waals surface area contributed by atoms with Crippen molar-refractivity contribution >= 4 is 23.4 Å². The molecule has 2 rings (SSSR count). The number of carbonyl (C=O) groups excluding carboxylic acids is 1. The van der Waals surface area contributed by atoms with Gasteiger partial charge >= 0.3 is 5.97 Å². The van der Waals surface area contributed by atoms with Crippen LogP contribution in [0, 0.1) is 6.92 Å². The molecule has 0 saturated carbocycles. The van der Waals surface area contributed by atoms with Crippen molar-refractivity contribution in [1.29, 1.82) is 0 Å². The molecule has 0 aliphatic carbocycles. The molecular formula is C16H13ClO4. The molecule has 0 aliphatic rings. The molecule has 0 aromatic heterocycles. The molecule has 0 saturated heterocycles. The van der Waals surface area contributed by atoms with E-state index in [0.717, 1.165) is 0 Å². The number of carbonyl (C=O) groups is 2. The van der Waals surface area contributed by atoms with Crippen LogP contribution in [0.2, 0.25) is 5.02 Å². The minimum atomic E-state index is -1.07. The van der Waals surface area contributed by atoms with Gasteiger partial charge < -0.3 is 9.84 Å². The normalized spacial score (nSPS) is 10.2. The average Bonchev–Trinajstić information content (AvgIpc) is 2.46. The number of rotatable bonds is 5. The van der Waals surface area contributed by atoms with Gasteiger partial charge in [-0.25, -0.2) is 4.79 Å². The molecule has 5 heteroatoms. The number of ether oxygens (including phenoxy) is 1. The zero-order valence-corrected chi connectivity index (χ0v) is 12.1. The molecule has 0 heterocycles. The van der Waals surface area contributed by atoms with Crippen LogP contribution in [-0.2, 0) is 4.79 Å². The number of aliphatic carboxylic acids is 1. The fourth-order valence-electron chi connectivity index (χ4n) is 1.91. The van der Waals surface area contributed by atoms with Gasteiger partial charge in [0.25, 0.3) is 0 Å². The molecule has 1 N–H and O–H groups in total. The molecule has 21 heavy (non-hydrogen) atoms. The van der Waals surface area contributed by atoms with Crippen LogP contribution in [0.5, 0.6) is 5.75 Å². The summed E-state index contributed by atoms with van der Waals surface area (Å²) in [4.78, 5) is 23.0. The largest absolute Gasteiger partial charge is 0.482 e. The molecule has 0 fully saturated rings. The molecule has 2 aromatic rings. The predicted octanol–water partition coefficient (Wildman–Crippen LogP) is 3.34. The fraction of sp³-hybridized carbons (Fsp3) is 0.125. The summed E-state index contributed by atoms with van der Waals surface area (Å²) in [6.07, 6.45) is 0. The molecule has 0 atom stereocenters. The van der Waals surface area contributed by atoms with Gasteiger partial charge in [0.2, 0.25) is 0 Å². The Morgan fingerprint density at radius 3 is 2.43 bits per heavy atom. The Bertz CT molecular complexity index is 677. The van der Waals surface area contributed by atoms with Gasteiger partial charge in [0.1, 0.15) is 5.75 Å². The Kier molecular flexibility index (Phi) is 4.60. The van der Waals surface area contributed by atoms with Gasteiger partial charge in [-0.15, -0.1) is 0 Å². The average molecular weight is 305 g/mol. The van der Waals surface area contributed by atoms with E-state index < -0.39 is 12.6 Å². The molecule has 4 nitrogen and oxygen atoms in total. The highest BCUT2D eigenvalue weighted by atomic mass is 35.5. The summed E-state index contributed by atoms with van der Waals surface area (Å²) in [6, 6.07) is 11.6. The third-order valence-corrected chi connectivity index (χ3v) is 3.24. The Labute approximate surface area is 126 Å². The molecule has 2 aromatic carbocycles. The standard InChI is InChI=1S/C16H13ClO4/c1-10-13(3-2-4-14(10)21-9-15(18)19)16(20)11-5-7-12(17)8-6-11/h2-8H,9H2,1H3,(H,18,19). The number of carboxylic acids is 1. The van der Waals surface area contributed by atoms with Crippen LogP contribution in [0.1, 0.15) is 21.5 Å². The van der Waals surface area contributed by atoms with E-state index in [0.29, 0.717) is 27.5 Å². The summed E-state index contributed by atoms with van der Waals surface area (Å²) in [7, 11) is 0. The Morgan fingerprint density at radius 1 is 1.14 bits per heavy atom. The van der Waals surface area contributed by atoms with E-state index in [9.17, 15) is 9.59 Å². The lowest BCUT2D eigenvalue weighted by molar-refractivity contribution is -0.139. The van der Waals surface area contributed by atoms with Crippen molar-refractivity contribution in [2.24, 2.45) is 0 Å². The second kappa shape index (κ2) is 6.41. The molecule has 0 bridgehead atoms. The topological polar surface area (TPSA) is 63.6 Å². The summed E-state index contributed by atoms with van der Waals surface area (Å²) in [5.74, 6) is -0.842. The number of hydrogen-bond acceptors (Lipinski definition) is 3. The molecule has 0 aliphatic heterocycles. The molecule has 108 valence electrons. The summed E-state index contributed by atoms with van der Waals surface area (Å²) in [5.41, 5.74) is 1.59. The third kappa shape index (κ3) is 3.61. The van der Waals surface area contributed by atoms with Crippen molar-refractivity contribution in [3.63, 3.8) is 0 Å². The van der Waals surface area contributed by atoms with Crippen LogP contribution in [0.3, 0.4) is 0 Å². The maximum absolute atomic E-state index is 12.5. The van der Waals surface area contributed by atoms with E-state index in [1.165, 1.54) is 0 Å². The third-order valence-electron chi connectivity index (χ3n) is 2.99. The van der Waals surface area contributed by atoms with Crippen molar-refractivity contribution in [2.45, 2.75) is 6.92 Å². The molecular weight excluding hydrogens is 292 g/mol. The fourth-order valence-corrected chi connectivity index (χ4v) is 2.04. The van der Waals surface area contributed by atoms with Crippen LogP contribution >= 0.6 is 11.6 Å². The van der Waals surface area contributed by atoms with Crippen molar-refractivity contribution < 1.29 is 19.4 Å². The van der Waals surface area contributed by atoms with Crippen molar-refractivity contribution in [1.82, 2.24) is 0 Å².